The second-order valence-corrected chi connectivity index (χ2v) is 5.84. The van der Waals surface area contributed by atoms with Crippen molar-refractivity contribution in [1.29, 1.82) is 0 Å². The molecule has 0 saturated heterocycles. The Morgan fingerprint density at radius 3 is 2.25 bits per heavy atom. The van der Waals surface area contributed by atoms with Crippen LogP contribution in [0.5, 0.6) is 0 Å². The van der Waals surface area contributed by atoms with Crippen LogP contribution >= 0.6 is 0 Å². The van der Waals surface area contributed by atoms with Gasteiger partial charge in [-0.3, -0.25) is 0 Å². The molecule has 98 valence electrons. The number of hydrogen-bond acceptors (Lipinski definition) is 1. The summed E-state index contributed by atoms with van der Waals surface area (Å²) in [5, 5.41) is 3.61. The summed E-state index contributed by atoms with van der Waals surface area (Å²) in [5.74, 6) is 0.880. The van der Waals surface area contributed by atoms with Crippen molar-refractivity contribution in [3.8, 4) is 0 Å². The molecule has 0 fully saturated rings. The van der Waals surface area contributed by atoms with E-state index in [0.717, 1.165) is 5.92 Å². The molecule has 0 aromatic heterocycles. The summed E-state index contributed by atoms with van der Waals surface area (Å²) in [4.78, 5) is 0. The summed E-state index contributed by atoms with van der Waals surface area (Å²) in [5.41, 5.74) is 0.512. The Morgan fingerprint density at radius 1 is 1.06 bits per heavy atom. The highest BCUT2D eigenvalue weighted by Crippen LogP contribution is 2.32. The molecule has 0 aromatic carbocycles. The van der Waals surface area contributed by atoms with Crippen molar-refractivity contribution >= 4 is 0 Å². The van der Waals surface area contributed by atoms with Crippen molar-refractivity contribution in [2.45, 2.75) is 73.1 Å². The highest BCUT2D eigenvalue weighted by molar-refractivity contribution is 4.78. The molecule has 0 amide bonds. The Morgan fingerprint density at radius 2 is 1.75 bits per heavy atom. The molecule has 1 N–H and O–H groups in total. The van der Waals surface area contributed by atoms with Crippen molar-refractivity contribution in [2.24, 2.45) is 11.3 Å². The van der Waals surface area contributed by atoms with Gasteiger partial charge in [0.2, 0.25) is 0 Å². The first-order chi connectivity index (χ1) is 7.58. The van der Waals surface area contributed by atoms with Crippen LogP contribution in [0.3, 0.4) is 0 Å². The largest absolute Gasteiger partial charge is 0.316 e. The third kappa shape index (κ3) is 7.27. The van der Waals surface area contributed by atoms with Crippen LogP contribution in [0.2, 0.25) is 0 Å². The molecule has 0 saturated carbocycles. The predicted molar refractivity (Wildman–Crippen MR) is 74.9 cm³/mol. The maximum atomic E-state index is 3.61. The first-order valence-corrected chi connectivity index (χ1v) is 7.28. The van der Waals surface area contributed by atoms with Crippen molar-refractivity contribution in [1.82, 2.24) is 5.32 Å². The minimum Gasteiger partial charge on any atom is -0.316 e. The summed E-state index contributed by atoms with van der Waals surface area (Å²) < 4.78 is 0. The van der Waals surface area contributed by atoms with E-state index in [4.69, 9.17) is 0 Å². The molecule has 0 heterocycles. The van der Waals surface area contributed by atoms with Gasteiger partial charge in [-0.25, -0.2) is 0 Å². The Labute approximate surface area is 103 Å². The Hall–Kier alpha value is -0.0400. The van der Waals surface area contributed by atoms with Crippen LogP contribution in [0.15, 0.2) is 0 Å². The summed E-state index contributed by atoms with van der Waals surface area (Å²) >= 11 is 0. The molecule has 0 aliphatic rings. The van der Waals surface area contributed by atoms with Gasteiger partial charge in [0.05, 0.1) is 0 Å². The Balaban J connectivity index is 4.08. The molecule has 0 bridgehead atoms. The molecule has 2 atom stereocenters. The van der Waals surface area contributed by atoms with Crippen LogP contribution in [-0.4, -0.2) is 13.1 Å². The van der Waals surface area contributed by atoms with Crippen LogP contribution < -0.4 is 5.32 Å². The van der Waals surface area contributed by atoms with Gasteiger partial charge in [-0.05, 0) is 37.1 Å². The van der Waals surface area contributed by atoms with Gasteiger partial charge < -0.3 is 5.32 Å². The molecule has 16 heavy (non-hydrogen) atoms. The van der Waals surface area contributed by atoms with Crippen molar-refractivity contribution in [2.75, 3.05) is 13.1 Å². The lowest BCUT2D eigenvalue weighted by atomic mass is 9.77. The van der Waals surface area contributed by atoms with E-state index in [1.165, 1.54) is 51.6 Å². The average molecular weight is 227 g/mol. The van der Waals surface area contributed by atoms with E-state index in [0.29, 0.717) is 5.41 Å². The van der Waals surface area contributed by atoms with Crippen LogP contribution in [0.4, 0.5) is 0 Å². The van der Waals surface area contributed by atoms with E-state index < -0.39 is 0 Å². The molecule has 0 aliphatic heterocycles. The van der Waals surface area contributed by atoms with Crippen LogP contribution in [-0.2, 0) is 0 Å². The highest BCUT2D eigenvalue weighted by Gasteiger charge is 2.24. The van der Waals surface area contributed by atoms with Gasteiger partial charge in [-0.15, -0.1) is 0 Å². The topological polar surface area (TPSA) is 12.0 Å². The smallest absolute Gasteiger partial charge is 0.000526 e. The second-order valence-electron chi connectivity index (χ2n) is 5.84. The minimum atomic E-state index is 0.512. The third-order valence-corrected chi connectivity index (χ3v) is 3.45. The molecular weight excluding hydrogens is 194 g/mol. The van der Waals surface area contributed by atoms with E-state index in [2.05, 4.69) is 39.9 Å². The summed E-state index contributed by atoms with van der Waals surface area (Å²) in [6, 6.07) is 0. The second kappa shape index (κ2) is 9.04. The number of hydrogen-bond donors (Lipinski definition) is 1. The summed E-state index contributed by atoms with van der Waals surface area (Å²) in [7, 11) is 0. The Bertz CT molecular complexity index is 156. The van der Waals surface area contributed by atoms with E-state index in [-0.39, 0.29) is 0 Å². The summed E-state index contributed by atoms with van der Waals surface area (Å²) in [6.07, 6.45) is 8.00. The molecule has 1 heteroatoms. The molecule has 0 aromatic rings. The maximum absolute atomic E-state index is 3.61. The lowest BCUT2D eigenvalue weighted by Crippen LogP contribution is -2.33. The first kappa shape index (κ1) is 16.0. The van der Waals surface area contributed by atoms with Gasteiger partial charge in [-0.1, -0.05) is 53.9 Å². The standard InChI is InChI=1S/C15H33N/c1-6-9-14(4)12-15(5,10-7-2)13-16-11-8-3/h14,16H,6-13H2,1-5H3. The van der Waals surface area contributed by atoms with E-state index in [9.17, 15) is 0 Å². The molecular formula is C15H33N. The van der Waals surface area contributed by atoms with Crippen LogP contribution in [0.25, 0.3) is 0 Å². The average Bonchev–Trinajstić information content (AvgIpc) is 2.18. The fourth-order valence-corrected chi connectivity index (χ4v) is 2.87. The van der Waals surface area contributed by atoms with E-state index in [1.807, 2.05) is 0 Å². The van der Waals surface area contributed by atoms with Gasteiger partial charge in [0.15, 0.2) is 0 Å². The van der Waals surface area contributed by atoms with Crippen LogP contribution in [0, 0.1) is 11.3 Å². The molecule has 0 aliphatic carbocycles. The van der Waals surface area contributed by atoms with Crippen LogP contribution in [0.1, 0.15) is 73.1 Å². The zero-order valence-electron chi connectivity index (χ0n) is 12.2. The molecule has 0 radical (unpaired) electrons. The van der Waals surface area contributed by atoms with Gasteiger partial charge in [0.25, 0.3) is 0 Å². The van der Waals surface area contributed by atoms with Gasteiger partial charge in [0, 0.05) is 6.54 Å². The van der Waals surface area contributed by atoms with Gasteiger partial charge in [0.1, 0.15) is 0 Å². The van der Waals surface area contributed by atoms with Gasteiger partial charge in [-0.2, -0.15) is 0 Å². The lowest BCUT2D eigenvalue weighted by molar-refractivity contribution is 0.211. The molecule has 1 nitrogen and oxygen atoms in total. The monoisotopic (exact) mass is 227 g/mol. The van der Waals surface area contributed by atoms with Gasteiger partial charge >= 0.3 is 0 Å². The molecule has 0 rings (SSSR count). The molecule has 2 unspecified atom stereocenters. The molecule has 0 spiro atoms. The third-order valence-electron chi connectivity index (χ3n) is 3.45. The quantitative estimate of drug-likeness (QED) is 0.537. The Kier molecular flexibility index (Phi) is 9.02. The zero-order valence-corrected chi connectivity index (χ0v) is 12.2. The zero-order chi connectivity index (χ0) is 12.4. The SMILES string of the molecule is CCCNCC(C)(CCC)CC(C)CCC. The fraction of sp³-hybridized carbons (Fsp3) is 1.00. The lowest BCUT2D eigenvalue weighted by Gasteiger charge is -2.32. The maximum Gasteiger partial charge on any atom is 0.000526 e. The summed E-state index contributed by atoms with van der Waals surface area (Å²) in [6.45, 7) is 14.1. The van der Waals surface area contributed by atoms with E-state index >= 15 is 0 Å². The van der Waals surface area contributed by atoms with E-state index in [1.54, 1.807) is 0 Å². The van der Waals surface area contributed by atoms with Crippen molar-refractivity contribution < 1.29 is 0 Å². The fourth-order valence-electron chi connectivity index (χ4n) is 2.87. The number of nitrogens with one attached hydrogen (secondary N) is 1. The van der Waals surface area contributed by atoms with Crippen molar-refractivity contribution in [3.63, 3.8) is 0 Å². The number of rotatable bonds is 10. The van der Waals surface area contributed by atoms with Crippen molar-refractivity contribution in [3.05, 3.63) is 0 Å². The normalized spacial score (nSPS) is 17.1. The highest BCUT2D eigenvalue weighted by atomic mass is 14.9. The first-order valence-electron chi connectivity index (χ1n) is 7.28. The predicted octanol–water partition coefficient (Wildman–Crippen LogP) is 4.62. The minimum absolute atomic E-state index is 0.512.